The summed E-state index contributed by atoms with van der Waals surface area (Å²) in [5, 5.41) is 1.23. The van der Waals surface area contributed by atoms with E-state index in [1.807, 2.05) is 6.92 Å². The molecule has 198 valence electrons. The molecule has 0 bridgehead atoms. The molecule has 2 amide bonds. The lowest BCUT2D eigenvalue weighted by molar-refractivity contribution is -0.130. The number of likely N-dealkylation sites (tertiary alicyclic amines) is 1. The van der Waals surface area contributed by atoms with Crippen LogP contribution >= 0.6 is 23.2 Å². The molecule has 2 aromatic rings. The summed E-state index contributed by atoms with van der Waals surface area (Å²) in [5.74, 6) is 0.497. The molecule has 0 aliphatic carbocycles. The van der Waals surface area contributed by atoms with Crippen molar-refractivity contribution in [3.63, 3.8) is 0 Å². The number of hydrogen-bond acceptors (Lipinski definition) is 5. The van der Waals surface area contributed by atoms with E-state index in [0.717, 1.165) is 38.8 Å². The van der Waals surface area contributed by atoms with E-state index in [-0.39, 0.29) is 34.7 Å². The molecule has 2 heterocycles. The van der Waals surface area contributed by atoms with Gasteiger partial charge in [0.25, 0.3) is 5.56 Å². The number of carbonyl (C=O) groups is 2. The largest absolute Gasteiger partial charge is 0.489 e. The fraction of sp³-hybridized carbons (Fsp3) is 0.577. The first-order valence-electron chi connectivity index (χ1n) is 12.4. The number of pyridine rings is 1. The number of anilines is 1. The first kappa shape index (κ1) is 28.1. The van der Waals surface area contributed by atoms with Gasteiger partial charge in [-0.1, -0.05) is 36.5 Å². The van der Waals surface area contributed by atoms with Crippen LogP contribution in [-0.2, 0) is 16.1 Å². The molecule has 1 aliphatic heterocycles. The van der Waals surface area contributed by atoms with Crippen LogP contribution < -0.4 is 15.2 Å². The lowest BCUT2D eigenvalue weighted by Crippen LogP contribution is -2.38. The zero-order valence-corrected chi connectivity index (χ0v) is 23.2. The summed E-state index contributed by atoms with van der Waals surface area (Å²) in [5.41, 5.74) is -1.15. The van der Waals surface area contributed by atoms with Gasteiger partial charge in [0.15, 0.2) is 11.6 Å². The number of benzene rings is 1. The van der Waals surface area contributed by atoms with Crippen molar-refractivity contribution in [2.24, 2.45) is 0 Å². The van der Waals surface area contributed by atoms with Crippen molar-refractivity contribution >= 4 is 51.8 Å². The van der Waals surface area contributed by atoms with Gasteiger partial charge < -0.3 is 14.4 Å². The first-order chi connectivity index (χ1) is 16.9. The molecule has 0 atom stereocenters. The Hall–Kier alpha value is -2.45. The molecule has 0 unspecified atom stereocenters. The van der Waals surface area contributed by atoms with E-state index in [2.05, 4.69) is 0 Å². The summed E-state index contributed by atoms with van der Waals surface area (Å²) in [6.45, 7) is 9.20. The van der Waals surface area contributed by atoms with E-state index in [4.69, 9.17) is 32.7 Å². The highest BCUT2D eigenvalue weighted by Gasteiger charge is 2.29. The van der Waals surface area contributed by atoms with Gasteiger partial charge in [0, 0.05) is 38.5 Å². The minimum absolute atomic E-state index is 0.0343. The molecule has 36 heavy (non-hydrogen) atoms. The molecule has 8 nitrogen and oxygen atoms in total. The highest BCUT2D eigenvalue weighted by atomic mass is 35.5. The molecule has 0 N–H and O–H groups in total. The molecule has 0 saturated carbocycles. The molecule has 0 radical (unpaired) electrons. The number of nitrogens with zero attached hydrogens (tertiary/aromatic N) is 3. The van der Waals surface area contributed by atoms with Crippen LogP contribution in [0.15, 0.2) is 16.9 Å². The topological polar surface area (TPSA) is 81.1 Å². The molecule has 1 aromatic heterocycles. The number of amides is 2. The van der Waals surface area contributed by atoms with Crippen LogP contribution in [0.2, 0.25) is 10.0 Å². The van der Waals surface area contributed by atoms with Crippen LogP contribution in [0.1, 0.15) is 59.8 Å². The van der Waals surface area contributed by atoms with Crippen LogP contribution in [0.4, 0.5) is 10.6 Å². The van der Waals surface area contributed by atoms with Crippen molar-refractivity contribution in [1.82, 2.24) is 9.47 Å². The van der Waals surface area contributed by atoms with Crippen molar-refractivity contribution in [2.45, 2.75) is 71.9 Å². The van der Waals surface area contributed by atoms with Crippen LogP contribution in [0.5, 0.6) is 5.75 Å². The van der Waals surface area contributed by atoms with Gasteiger partial charge in [-0.05, 0) is 52.2 Å². The summed E-state index contributed by atoms with van der Waals surface area (Å²) >= 11 is 12.6. The van der Waals surface area contributed by atoms with Gasteiger partial charge in [-0.2, -0.15) is 0 Å². The molecule has 1 saturated heterocycles. The standard InChI is InChI=1S/C26H35Cl2N3O5/c1-6-7-14-35-22-17-15-19(27)20(28)16-18(17)24(33)31(13-10-21(32)30-11-8-9-12-30)23(22)29(5)25(34)36-26(2,3)4/h15-16H,6-14H2,1-5H3. The number of hydrogen-bond donors (Lipinski definition) is 0. The van der Waals surface area contributed by atoms with Gasteiger partial charge in [0.1, 0.15) is 5.60 Å². The lowest BCUT2D eigenvalue weighted by Gasteiger charge is -2.29. The van der Waals surface area contributed by atoms with Crippen molar-refractivity contribution in [3.8, 4) is 5.75 Å². The smallest absolute Gasteiger partial charge is 0.415 e. The molecule has 10 heteroatoms. The van der Waals surface area contributed by atoms with Gasteiger partial charge in [0.2, 0.25) is 5.91 Å². The number of aromatic nitrogens is 1. The van der Waals surface area contributed by atoms with E-state index in [0.29, 0.717) is 23.1 Å². The molecular weight excluding hydrogens is 505 g/mol. The Kier molecular flexibility index (Phi) is 9.17. The quantitative estimate of drug-likeness (QED) is 0.391. The summed E-state index contributed by atoms with van der Waals surface area (Å²) < 4.78 is 13.2. The number of ether oxygens (including phenoxy) is 2. The van der Waals surface area contributed by atoms with Crippen molar-refractivity contribution in [1.29, 1.82) is 0 Å². The Morgan fingerprint density at radius 3 is 2.28 bits per heavy atom. The van der Waals surface area contributed by atoms with E-state index in [1.54, 1.807) is 31.7 Å². The van der Waals surface area contributed by atoms with Gasteiger partial charge >= 0.3 is 6.09 Å². The molecule has 1 fully saturated rings. The fourth-order valence-corrected chi connectivity index (χ4v) is 4.47. The fourth-order valence-electron chi connectivity index (χ4n) is 4.15. The third-order valence-corrected chi connectivity index (χ3v) is 6.70. The second-order valence-corrected chi connectivity index (χ2v) is 10.8. The van der Waals surface area contributed by atoms with Gasteiger partial charge in [-0.3, -0.25) is 19.1 Å². The monoisotopic (exact) mass is 539 g/mol. The van der Waals surface area contributed by atoms with Crippen LogP contribution in [-0.4, -0.2) is 53.8 Å². The zero-order valence-electron chi connectivity index (χ0n) is 21.7. The van der Waals surface area contributed by atoms with Crippen LogP contribution in [0, 0.1) is 0 Å². The maximum Gasteiger partial charge on any atom is 0.415 e. The lowest BCUT2D eigenvalue weighted by atomic mass is 10.1. The third-order valence-electron chi connectivity index (χ3n) is 5.98. The van der Waals surface area contributed by atoms with Gasteiger partial charge in [0.05, 0.1) is 22.0 Å². The Bertz CT molecular complexity index is 1180. The molecule has 1 aliphatic rings. The highest BCUT2D eigenvalue weighted by molar-refractivity contribution is 6.42. The van der Waals surface area contributed by atoms with E-state index in [1.165, 1.54) is 22.6 Å². The summed E-state index contributed by atoms with van der Waals surface area (Å²) in [7, 11) is 1.53. The SMILES string of the molecule is CCCCOc1c(N(C)C(=O)OC(C)(C)C)n(CCC(=O)N2CCCC2)c(=O)c2cc(Cl)c(Cl)cc12. The molecule has 1 aromatic carbocycles. The van der Waals surface area contributed by atoms with Crippen molar-refractivity contribution in [2.75, 3.05) is 31.6 Å². The van der Waals surface area contributed by atoms with Crippen molar-refractivity contribution in [3.05, 3.63) is 32.5 Å². The maximum absolute atomic E-state index is 13.7. The Balaban J connectivity index is 2.19. The normalized spacial score (nSPS) is 13.8. The maximum atomic E-state index is 13.7. The average Bonchev–Trinajstić information content (AvgIpc) is 3.34. The number of halogens is 2. The van der Waals surface area contributed by atoms with Crippen molar-refractivity contribution < 1.29 is 19.1 Å². The van der Waals surface area contributed by atoms with Crippen LogP contribution in [0.3, 0.4) is 0 Å². The molecular formula is C26H35Cl2N3O5. The minimum Gasteiger partial charge on any atom is -0.489 e. The number of rotatable bonds is 8. The Morgan fingerprint density at radius 2 is 1.69 bits per heavy atom. The Labute approximate surface area is 222 Å². The van der Waals surface area contributed by atoms with E-state index < -0.39 is 17.3 Å². The second kappa shape index (κ2) is 11.7. The highest BCUT2D eigenvalue weighted by Crippen LogP contribution is 2.38. The predicted molar refractivity (Wildman–Crippen MR) is 144 cm³/mol. The number of fused-ring (bicyclic) bond motifs is 1. The number of carbonyl (C=O) groups excluding carboxylic acids is 2. The summed E-state index contributed by atoms with van der Waals surface area (Å²) in [6, 6.07) is 3.08. The molecule has 0 spiro atoms. The van der Waals surface area contributed by atoms with E-state index >= 15 is 0 Å². The average molecular weight is 540 g/mol. The predicted octanol–water partition coefficient (Wildman–Crippen LogP) is 5.87. The third kappa shape index (κ3) is 6.45. The number of unbranched alkanes of at least 4 members (excludes halogenated alkanes) is 1. The summed E-state index contributed by atoms with van der Waals surface area (Å²) in [6.07, 6.45) is 3.07. The van der Waals surface area contributed by atoms with Gasteiger partial charge in [-0.25, -0.2) is 4.79 Å². The molecule has 3 rings (SSSR count). The second-order valence-electron chi connectivity index (χ2n) is 10.0. The minimum atomic E-state index is -0.751. The van der Waals surface area contributed by atoms with Crippen LogP contribution in [0.25, 0.3) is 10.8 Å². The zero-order chi connectivity index (χ0) is 26.6. The Morgan fingerprint density at radius 1 is 1.08 bits per heavy atom. The first-order valence-corrected chi connectivity index (χ1v) is 13.1. The van der Waals surface area contributed by atoms with E-state index in [9.17, 15) is 14.4 Å². The van der Waals surface area contributed by atoms with Gasteiger partial charge in [-0.15, -0.1) is 0 Å². The summed E-state index contributed by atoms with van der Waals surface area (Å²) in [4.78, 5) is 42.8.